The van der Waals surface area contributed by atoms with Crippen LogP contribution in [0.5, 0.6) is 5.75 Å². The van der Waals surface area contributed by atoms with E-state index in [0.29, 0.717) is 11.5 Å². The minimum absolute atomic E-state index is 0.0151. The molecule has 0 radical (unpaired) electrons. The van der Waals surface area contributed by atoms with Crippen LogP contribution in [0, 0.1) is 17.7 Å². The second kappa shape index (κ2) is 8.62. The number of carboxylic acid groups (broad SMARTS) is 1. The van der Waals surface area contributed by atoms with Gasteiger partial charge in [0.25, 0.3) is 0 Å². The van der Waals surface area contributed by atoms with Crippen molar-refractivity contribution in [2.45, 2.75) is 19.1 Å². The van der Waals surface area contributed by atoms with Crippen molar-refractivity contribution in [1.82, 2.24) is 10.2 Å². The number of hydrogen-bond donors (Lipinski definition) is 1. The topological polar surface area (TPSA) is 75.5 Å². The number of nitrogens with zero attached hydrogens (tertiary/aromatic N) is 3. The van der Waals surface area contributed by atoms with Gasteiger partial charge in [-0.05, 0) is 47.9 Å². The summed E-state index contributed by atoms with van der Waals surface area (Å²) in [6, 6.07) is 16.9. The molecule has 1 unspecified atom stereocenters. The monoisotopic (exact) mass is 403 g/mol. The van der Waals surface area contributed by atoms with Gasteiger partial charge in [-0.3, -0.25) is 4.79 Å². The fraction of sp³-hybridized carbons (Fsp3) is 0.174. The third-order valence-electron chi connectivity index (χ3n) is 4.65. The lowest BCUT2D eigenvalue weighted by Gasteiger charge is -2.40. The van der Waals surface area contributed by atoms with Crippen molar-refractivity contribution >= 4 is 11.8 Å². The molecule has 1 fully saturated rings. The van der Waals surface area contributed by atoms with Gasteiger partial charge in [0.1, 0.15) is 5.69 Å². The molecule has 2 heterocycles. The van der Waals surface area contributed by atoms with Crippen molar-refractivity contribution in [2.24, 2.45) is 0 Å². The molecule has 0 aliphatic carbocycles. The van der Waals surface area contributed by atoms with Gasteiger partial charge in [-0.15, -0.1) is 10.2 Å². The molecule has 0 bridgehead atoms. The first-order chi connectivity index (χ1) is 14.6. The molecule has 6 nitrogen and oxygen atoms in total. The van der Waals surface area contributed by atoms with Crippen LogP contribution in [0.3, 0.4) is 0 Å². The Kier molecular flexibility index (Phi) is 5.57. The number of aliphatic carboxylic acids is 1. The molecular formula is C23H18FN3O3. The average Bonchev–Trinajstić information content (AvgIpc) is 2.72. The van der Waals surface area contributed by atoms with Crippen molar-refractivity contribution in [3.8, 4) is 17.6 Å². The Morgan fingerprint density at radius 2 is 1.90 bits per heavy atom. The van der Waals surface area contributed by atoms with Crippen molar-refractivity contribution in [3.05, 3.63) is 83.3 Å². The molecule has 1 aliphatic heterocycles. The van der Waals surface area contributed by atoms with Crippen molar-refractivity contribution in [1.29, 1.82) is 0 Å². The minimum Gasteiger partial charge on any atom is -0.481 e. The Morgan fingerprint density at radius 1 is 1.10 bits per heavy atom. The van der Waals surface area contributed by atoms with Crippen molar-refractivity contribution in [2.75, 3.05) is 11.4 Å². The van der Waals surface area contributed by atoms with E-state index >= 15 is 0 Å². The smallest absolute Gasteiger partial charge is 0.307 e. The Hall–Kier alpha value is -3.92. The highest BCUT2D eigenvalue weighted by Crippen LogP contribution is 2.28. The predicted molar refractivity (Wildman–Crippen MR) is 109 cm³/mol. The van der Waals surface area contributed by atoms with Crippen molar-refractivity contribution < 1.29 is 19.0 Å². The van der Waals surface area contributed by atoms with Crippen LogP contribution in [0.1, 0.15) is 23.2 Å². The van der Waals surface area contributed by atoms with Crippen LogP contribution in [-0.4, -0.2) is 34.0 Å². The zero-order chi connectivity index (χ0) is 20.9. The van der Waals surface area contributed by atoms with E-state index in [1.165, 1.54) is 6.07 Å². The first-order valence-corrected chi connectivity index (χ1v) is 9.43. The van der Waals surface area contributed by atoms with Gasteiger partial charge in [0.2, 0.25) is 0 Å². The van der Waals surface area contributed by atoms with Crippen LogP contribution >= 0.6 is 0 Å². The summed E-state index contributed by atoms with van der Waals surface area (Å²) in [6.07, 6.45) is 0.478. The molecule has 3 aromatic rings. The number of carboxylic acids is 1. The Bertz CT molecular complexity index is 1110. The van der Waals surface area contributed by atoms with E-state index in [-0.39, 0.29) is 18.4 Å². The molecule has 1 atom stereocenters. The third kappa shape index (κ3) is 4.55. The Balaban J connectivity index is 1.39. The van der Waals surface area contributed by atoms with Gasteiger partial charge in [-0.1, -0.05) is 30.2 Å². The summed E-state index contributed by atoms with van der Waals surface area (Å²) in [5.41, 5.74) is 2.00. The van der Waals surface area contributed by atoms with Crippen LogP contribution in [0.25, 0.3) is 0 Å². The van der Waals surface area contributed by atoms with Gasteiger partial charge in [0.15, 0.2) is 23.6 Å². The first-order valence-electron chi connectivity index (χ1n) is 9.43. The number of carbonyl (C=O) groups is 1. The van der Waals surface area contributed by atoms with Gasteiger partial charge >= 0.3 is 5.97 Å². The van der Waals surface area contributed by atoms with Gasteiger partial charge in [0.05, 0.1) is 6.42 Å². The maximum atomic E-state index is 13.8. The number of rotatable bonds is 5. The predicted octanol–water partition coefficient (Wildman–Crippen LogP) is 3.26. The summed E-state index contributed by atoms with van der Waals surface area (Å²) in [4.78, 5) is 12.6. The summed E-state index contributed by atoms with van der Waals surface area (Å²) in [6.45, 7) is 0.752. The second-order valence-electron chi connectivity index (χ2n) is 6.78. The lowest BCUT2D eigenvalue weighted by atomic mass is 10.1. The van der Waals surface area contributed by atoms with Gasteiger partial charge in [0, 0.05) is 18.5 Å². The zero-order valence-corrected chi connectivity index (χ0v) is 16.0. The average molecular weight is 403 g/mol. The molecule has 2 aromatic carbocycles. The summed E-state index contributed by atoms with van der Waals surface area (Å²) in [5.74, 6) is 5.53. The SMILES string of the molecule is O=C(O)Cc1ccc(C#Cc2ccc(N3CCC3Oc3ccccc3F)nn2)cc1. The quantitative estimate of drug-likeness (QED) is 0.659. The van der Waals surface area contributed by atoms with Gasteiger partial charge < -0.3 is 14.7 Å². The maximum Gasteiger partial charge on any atom is 0.307 e. The lowest BCUT2D eigenvalue weighted by molar-refractivity contribution is -0.136. The van der Waals surface area contributed by atoms with Crippen molar-refractivity contribution in [3.63, 3.8) is 0 Å². The van der Waals surface area contributed by atoms with Crippen LogP contribution in [-0.2, 0) is 11.2 Å². The van der Waals surface area contributed by atoms with Crippen LogP contribution in [0.4, 0.5) is 10.2 Å². The van der Waals surface area contributed by atoms with Gasteiger partial charge in [-0.2, -0.15) is 0 Å². The molecule has 0 saturated carbocycles. The number of ether oxygens (including phenoxy) is 1. The Labute approximate surface area is 172 Å². The molecule has 0 spiro atoms. The van der Waals surface area contributed by atoms with E-state index in [1.807, 2.05) is 11.0 Å². The normalized spacial score (nSPS) is 15.0. The summed E-state index contributed by atoms with van der Waals surface area (Å²) in [7, 11) is 0. The highest BCUT2D eigenvalue weighted by molar-refractivity contribution is 5.70. The minimum atomic E-state index is -0.868. The molecule has 30 heavy (non-hydrogen) atoms. The van der Waals surface area contributed by atoms with E-state index in [0.717, 1.165) is 24.1 Å². The lowest BCUT2D eigenvalue weighted by Crippen LogP contribution is -2.52. The molecule has 150 valence electrons. The molecule has 7 heteroatoms. The summed E-state index contributed by atoms with van der Waals surface area (Å²) < 4.78 is 19.5. The highest BCUT2D eigenvalue weighted by Gasteiger charge is 2.31. The molecule has 1 aromatic heterocycles. The largest absolute Gasteiger partial charge is 0.481 e. The summed E-state index contributed by atoms with van der Waals surface area (Å²) in [5, 5.41) is 17.2. The van der Waals surface area contributed by atoms with Crippen LogP contribution in [0.2, 0.25) is 0 Å². The van der Waals surface area contributed by atoms with E-state index < -0.39 is 11.8 Å². The molecule has 1 N–H and O–H groups in total. The number of hydrogen-bond acceptors (Lipinski definition) is 5. The van der Waals surface area contributed by atoms with Crippen LogP contribution < -0.4 is 9.64 Å². The number of para-hydroxylation sites is 1. The number of aromatic nitrogens is 2. The maximum absolute atomic E-state index is 13.8. The van der Waals surface area contributed by atoms with Gasteiger partial charge in [-0.25, -0.2) is 4.39 Å². The third-order valence-corrected chi connectivity index (χ3v) is 4.65. The number of halogens is 1. The highest BCUT2D eigenvalue weighted by atomic mass is 19.1. The molecule has 1 saturated heterocycles. The summed E-state index contributed by atoms with van der Waals surface area (Å²) >= 11 is 0. The molecule has 1 aliphatic rings. The first kappa shape index (κ1) is 19.4. The van der Waals surface area contributed by atoms with E-state index in [1.54, 1.807) is 48.5 Å². The fourth-order valence-electron chi connectivity index (χ4n) is 3.00. The van der Waals surface area contributed by atoms with E-state index in [4.69, 9.17) is 9.84 Å². The standard InChI is InChI=1S/C23H18FN3O3/c24-19-3-1-2-4-20(19)30-22-13-14-27(22)21-12-11-18(25-26-21)10-9-16-5-7-17(8-6-16)15-23(28)29/h1-8,11-12,22H,13-15H2,(H,28,29). The number of anilines is 1. The second-order valence-corrected chi connectivity index (χ2v) is 6.78. The molecular weight excluding hydrogens is 385 g/mol. The van der Waals surface area contributed by atoms with E-state index in [2.05, 4.69) is 22.0 Å². The Morgan fingerprint density at radius 3 is 2.53 bits per heavy atom. The molecule has 0 amide bonds. The van der Waals surface area contributed by atoms with Crippen LogP contribution in [0.15, 0.2) is 60.7 Å². The fourth-order valence-corrected chi connectivity index (χ4v) is 3.00. The van der Waals surface area contributed by atoms with E-state index in [9.17, 15) is 9.18 Å². The zero-order valence-electron chi connectivity index (χ0n) is 16.0. The molecule has 4 rings (SSSR count). The number of benzene rings is 2.